The van der Waals surface area contributed by atoms with E-state index in [0.717, 1.165) is 55.6 Å². The standard InChI is InChI=1S/C48H32N2O4/c1-29-7-11-31(12-8-29)35-19-25-41-43(27-35)47(53)49(45(41)51)37-21-15-33(16-22-37)39-5-3-4-6-40(39)34-17-23-38(24-18-34)50-46(52)42-26-20-36(28-44(42)48(50)54)32-13-9-30(2)10-14-32/h3-28H,1-2H3. The molecule has 2 heterocycles. The summed E-state index contributed by atoms with van der Waals surface area (Å²) in [5.74, 6) is -1.38. The van der Waals surface area contributed by atoms with Crippen LogP contribution in [0.4, 0.5) is 11.4 Å². The van der Waals surface area contributed by atoms with Gasteiger partial charge in [0.15, 0.2) is 0 Å². The number of amides is 4. The molecule has 0 saturated carbocycles. The number of anilines is 2. The maximum absolute atomic E-state index is 13.6. The highest BCUT2D eigenvalue weighted by Gasteiger charge is 2.38. The lowest BCUT2D eigenvalue weighted by atomic mass is 9.94. The first kappa shape index (κ1) is 32.7. The Bertz CT molecular complexity index is 2490. The van der Waals surface area contributed by atoms with Gasteiger partial charge < -0.3 is 0 Å². The molecule has 54 heavy (non-hydrogen) atoms. The van der Waals surface area contributed by atoms with E-state index in [1.165, 1.54) is 9.80 Å². The summed E-state index contributed by atoms with van der Waals surface area (Å²) >= 11 is 0. The van der Waals surface area contributed by atoms with Crippen molar-refractivity contribution in [2.24, 2.45) is 0 Å². The lowest BCUT2D eigenvalue weighted by Crippen LogP contribution is -2.29. The second kappa shape index (κ2) is 12.8. The fourth-order valence-corrected chi connectivity index (χ4v) is 7.37. The monoisotopic (exact) mass is 700 g/mol. The number of carbonyl (C=O) groups is 4. The van der Waals surface area contributed by atoms with Gasteiger partial charge in [-0.3, -0.25) is 19.2 Å². The molecule has 0 N–H and O–H groups in total. The molecule has 2 aliphatic rings. The Morgan fingerprint density at radius 1 is 0.296 bits per heavy atom. The van der Waals surface area contributed by atoms with Crippen LogP contribution in [0.25, 0.3) is 44.5 Å². The number of benzene rings is 7. The topological polar surface area (TPSA) is 74.8 Å². The van der Waals surface area contributed by atoms with Gasteiger partial charge >= 0.3 is 0 Å². The third-order valence-electron chi connectivity index (χ3n) is 10.3. The molecule has 9 rings (SSSR count). The first-order valence-electron chi connectivity index (χ1n) is 17.7. The Hall–Kier alpha value is -7.18. The normalized spacial score (nSPS) is 13.4. The van der Waals surface area contributed by atoms with Gasteiger partial charge in [-0.15, -0.1) is 0 Å². The van der Waals surface area contributed by atoms with Crippen molar-refractivity contribution < 1.29 is 19.2 Å². The Labute approximate surface area is 312 Å². The average Bonchev–Trinajstić information content (AvgIpc) is 3.61. The minimum Gasteiger partial charge on any atom is -0.268 e. The number of aryl methyl sites for hydroxylation is 2. The molecule has 0 aromatic heterocycles. The molecule has 0 atom stereocenters. The van der Waals surface area contributed by atoms with Gasteiger partial charge in [0.2, 0.25) is 0 Å². The number of imide groups is 2. The predicted octanol–water partition coefficient (Wildman–Crippen LogP) is 10.6. The Morgan fingerprint density at radius 2 is 0.611 bits per heavy atom. The fourth-order valence-electron chi connectivity index (χ4n) is 7.37. The summed E-state index contributed by atoms with van der Waals surface area (Å²) < 4.78 is 0. The van der Waals surface area contributed by atoms with E-state index in [1.54, 1.807) is 48.5 Å². The van der Waals surface area contributed by atoms with Gasteiger partial charge in [-0.05, 0) is 107 Å². The zero-order valence-electron chi connectivity index (χ0n) is 29.5. The predicted molar refractivity (Wildman–Crippen MR) is 213 cm³/mol. The third-order valence-corrected chi connectivity index (χ3v) is 10.3. The Morgan fingerprint density at radius 3 is 0.981 bits per heavy atom. The number of rotatable bonds is 6. The number of nitrogens with zero attached hydrogens (tertiary/aromatic N) is 2. The molecular formula is C48H32N2O4. The molecule has 0 fully saturated rings. The summed E-state index contributed by atoms with van der Waals surface area (Å²) in [5, 5.41) is 0. The number of hydrogen-bond donors (Lipinski definition) is 0. The van der Waals surface area contributed by atoms with Gasteiger partial charge in [0.25, 0.3) is 23.6 Å². The molecule has 7 aromatic rings. The lowest BCUT2D eigenvalue weighted by molar-refractivity contribution is 0.0910. The molecule has 0 bridgehead atoms. The van der Waals surface area contributed by atoms with Crippen LogP contribution in [0.1, 0.15) is 52.6 Å². The molecule has 6 nitrogen and oxygen atoms in total. The van der Waals surface area contributed by atoms with Crippen molar-refractivity contribution in [3.8, 4) is 44.5 Å². The fraction of sp³-hybridized carbons (Fsp3) is 0.0417. The molecule has 258 valence electrons. The maximum atomic E-state index is 13.6. The van der Waals surface area contributed by atoms with Crippen LogP contribution in [0.15, 0.2) is 158 Å². The van der Waals surface area contributed by atoms with Gasteiger partial charge in [0, 0.05) is 0 Å². The Kier molecular flexibility index (Phi) is 7.75. The molecule has 4 amide bonds. The number of carbonyl (C=O) groups excluding carboxylic acids is 4. The molecule has 0 spiro atoms. The van der Waals surface area contributed by atoms with E-state index in [4.69, 9.17) is 0 Å². The molecular weight excluding hydrogens is 669 g/mol. The highest BCUT2D eigenvalue weighted by molar-refractivity contribution is 6.35. The summed E-state index contributed by atoms with van der Waals surface area (Å²) in [7, 11) is 0. The van der Waals surface area contributed by atoms with Gasteiger partial charge in [0.05, 0.1) is 33.6 Å². The van der Waals surface area contributed by atoms with Crippen LogP contribution in [0.5, 0.6) is 0 Å². The van der Waals surface area contributed by atoms with Crippen molar-refractivity contribution >= 4 is 35.0 Å². The van der Waals surface area contributed by atoms with E-state index in [0.29, 0.717) is 33.6 Å². The van der Waals surface area contributed by atoms with E-state index in [2.05, 4.69) is 0 Å². The quantitative estimate of drug-likeness (QED) is 0.162. The first-order valence-corrected chi connectivity index (χ1v) is 17.7. The van der Waals surface area contributed by atoms with E-state index < -0.39 is 0 Å². The van der Waals surface area contributed by atoms with E-state index >= 15 is 0 Å². The van der Waals surface area contributed by atoms with Crippen LogP contribution in [0.2, 0.25) is 0 Å². The first-order chi connectivity index (χ1) is 26.2. The largest absolute Gasteiger partial charge is 0.268 e. The van der Waals surface area contributed by atoms with Crippen LogP contribution < -0.4 is 9.80 Å². The van der Waals surface area contributed by atoms with Gasteiger partial charge in [-0.25, -0.2) is 9.80 Å². The van der Waals surface area contributed by atoms with Crippen molar-refractivity contribution in [1.82, 2.24) is 0 Å². The molecule has 2 aliphatic heterocycles. The minimum absolute atomic E-state index is 0.344. The van der Waals surface area contributed by atoms with E-state index in [-0.39, 0.29) is 23.6 Å². The smallest absolute Gasteiger partial charge is 0.266 e. The van der Waals surface area contributed by atoms with Gasteiger partial charge in [0.1, 0.15) is 0 Å². The van der Waals surface area contributed by atoms with Crippen molar-refractivity contribution in [2.45, 2.75) is 13.8 Å². The molecule has 0 radical (unpaired) electrons. The average molecular weight is 701 g/mol. The highest BCUT2D eigenvalue weighted by atomic mass is 16.2. The maximum Gasteiger partial charge on any atom is 0.266 e. The Balaban J connectivity index is 0.957. The SMILES string of the molecule is Cc1ccc(-c2ccc3c(c2)C(=O)N(c2ccc(-c4ccccc4-c4ccc(N5C(=O)c6ccc(-c7ccc(C)cc7)cc6C5=O)cc4)cc2)C3=O)cc1. The van der Waals surface area contributed by atoms with Crippen LogP contribution in [-0.2, 0) is 0 Å². The molecule has 0 saturated heterocycles. The van der Waals surface area contributed by atoms with Gasteiger partial charge in [-0.1, -0.05) is 120 Å². The van der Waals surface area contributed by atoms with E-state index in [1.807, 2.05) is 123 Å². The van der Waals surface area contributed by atoms with Crippen LogP contribution in [-0.4, -0.2) is 23.6 Å². The molecule has 0 unspecified atom stereocenters. The summed E-state index contributed by atoms with van der Waals surface area (Å²) in [6, 6.07) is 49.7. The lowest BCUT2D eigenvalue weighted by Gasteiger charge is -2.17. The zero-order valence-corrected chi connectivity index (χ0v) is 29.5. The number of fused-ring (bicyclic) bond motifs is 2. The minimum atomic E-state index is -0.345. The third kappa shape index (κ3) is 5.44. The van der Waals surface area contributed by atoms with Crippen LogP contribution in [0.3, 0.4) is 0 Å². The van der Waals surface area contributed by atoms with Crippen molar-refractivity contribution in [2.75, 3.05) is 9.80 Å². The molecule has 6 heteroatoms. The van der Waals surface area contributed by atoms with Crippen molar-refractivity contribution in [1.29, 1.82) is 0 Å². The molecule has 7 aromatic carbocycles. The summed E-state index contributed by atoms with van der Waals surface area (Å²) in [5.41, 5.74) is 12.3. The summed E-state index contributed by atoms with van der Waals surface area (Å²) in [4.78, 5) is 56.6. The molecule has 0 aliphatic carbocycles. The second-order valence-electron chi connectivity index (χ2n) is 13.8. The summed E-state index contributed by atoms with van der Waals surface area (Å²) in [6.07, 6.45) is 0. The van der Waals surface area contributed by atoms with Gasteiger partial charge in [-0.2, -0.15) is 0 Å². The number of hydrogen-bond acceptors (Lipinski definition) is 4. The van der Waals surface area contributed by atoms with Crippen molar-refractivity contribution in [3.63, 3.8) is 0 Å². The van der Waals surface area contributed by atoms with Crippen molar-refractivity contribution in [3.05, 3.63) is 191 Å². The second-order valence-corrected chi connectivity index (χ2v) is 13.8. The zero-order chi connectivity index (χ0) is 37.1. The van der Waals surface area contributed by atoms with E-state index in [9.17, 15) is 19.2 Å². The summed E-state index contributed by atoms with van der Waals surface area (Å²) in [6.45, 7) is 4.05. The van der Waals surface area contributed by atoms with Crippen LogP contribution >= 0.6 is 0 Å². The van der Waals surface area contributed by atoms with Crippen LogP contribution in [0, 0.1) is 13.8 Å². The highest BCUT2D eigenvalue weighted by Crippen LogP contribution is 2.38.